The molecule has 0 aliphatic heterocycles. The molecule has 0 bridgehead atoms. The molecule has 112 valence electrons. The van der Waals surface area contributed by atoms with Crippen molar-refractivity contribution in [3.63, 3.8) is 0 Å². The largest absolute Gasteiger partial charge is 0.352 e. The first-order valence-electron chi connectivity index (χ1n) is 6.49. The van der Waals surface area contributed by atoms with Gasteiger partial charge in [-0.15, -0.1) is 0 Å². The van der Waals surface area contributed by atoms with Crippen molar-refractivity contribution >= 4 is 21.6 Å². The van der Waals surface area contributed by atoms with E-state index in [4.69, 9.17) is 5.73 Å². The van der Waals surface area contributed by atoms with E-state index in [0.29, 0.717) is 18.5 Å². The lowest BCUT2D eigenvalue weighted by atomic mass is 10.1. The van der Waals surface area contributed by atoms with Crippen LogP contribution in [0.2, 0.25) is 0 Å². The van der Waals surface area contributed by atoms with Crippen molar-refractivity contribution in [2.75, 3.05) is 17.0 Å². The van der Waals surface area contributed by atoms with Gasteiger partial charge in [0.05, 0.1) is 17.0 Å². The highest BCUT2D eigenvalue weighted by atomic mass is 32.2. The average Bonchev–Trinajstić information content (AvgIpc) is 2.38. The van der Waals surface area contributed by atoms with Crippen molar-refractivity contribution in [3.05, 3.63) is 29.8 Å². The van der Waals surface area contributed by atoms with Gasteiger partial charge in [-0.3, -0.25) is 9.52 Å². The highest BCUT2D eigenvalue weighted by Gasteiger charge is 2.14. The minimum absolute atomic E-state index is 0.00383. The third-order valence-corrected chi connectivity index (χ3v) is 3.99. The Hall–Kier alpha value is -1.60. The normalized spacial score (nSPS) is 12.8. The van der Waals surface area contributed by atoms with Crippen molar-refractivity contribution in [3.8, 4) is 0 Å². The van der Waals surface area contributed by atoms with Crippen LogP contribution in [0.3, 0.4) is 0 Å². The van der Waals surface area contributed by atoms with E-state index >= 15 is 0 Å². The zero-order valence-corrected chi connectivity index (χ0v) is 12.5. The van der Waals surface area contributed by atoms with Crippen molar-refractivity contribution in [2.24, 2.45) is 5.73 Å². The van der Waals surface area contributed by atoms with Gasteiger partial charge in [-0.05, 0) is 32.4 Å². The van der Waals surface area contributed by atoms with E-state index in [0.717, 1.165) is 0 Å². The van der Waals surface area contributed by atoms with E-state index in [2.05, 4.69) is 10.0 Å². The van der Waals surface area contributed by atoms with Gasteiger partial charge in [0.1, 0.15) is 0 Å². The minimum atomic E-state index is -3.41. The number of carbonyl (C=O) groups is 1. The summed E-state index contributed by atoms with van der Waals surface area (Å²) in [6.07, 6.45) is 0.661. The molecule has 1 amide bonds. The molecule has 0 aliphatic rings. The summed E-state index contributed by atoms with van der Waals surface area (Å²) in [6, 6.07) is 6.50. The number of hydrogen-bond acceptors (Lipinski definition) is 4. The second kappa shape index (κ2) is 7.25. The number of rotatable bonds is 7. The number of para-hydroxylation sites is 1. The number of anilines is 1. The number of hydrogen-bond donors (Lipinski definition) is 3. The molecule has 0 saturated heterocycles. The molecule has 1 rings (SSSR count). The van der Waals surface area contributed by atoms with E-state index in [-0.39, 0.29) is 23.4 Å². The monoisotopic (exact) mass is 299 g/mol. The number of nitrogens with two attached hydrogens (primary N) is 1. The fourth-order valence-electron chi connectivity index (χ4n) is 1.52. The summed E-state index contributed by atoms with van der Waals surface area (Å²) >= 11 is 0. The van der Waals surface area contributed by atoms with Crippen molar-refractivity contribution in [1.82, 2.24) is 5.32 Å². The lowest BCUT2D eigenvalue weighted by Gasteiger charge is -2.12. The Morgan fingerprint density at radius 1 is 1.35 bits per heavy atom. The summed E-state index contributed by atoms with van der Waals surface area (Å²) in [5.74, 6) is -0.367. The highest BCUT2D eigenvalue weighted by molar-refractivity contribution is 7.92. The molecular formula is C13H21N3O3S. The first kappa shape index (κ1) is 16.5. The van der Waals surface area contributed by atoms with Gasteiger partial charge in [0.25, 0.3) is 5.91 Å². The van der Waals surface area contributed by atoms with Crippen LogP contribution < -0.4 is 15.8 Å². The molecule has 4 N–H and O–H groups in total. The summed E-state index contributed by atoms with van der Waals surface area (Å²) < 4.78 is 25.6. The van der Waals surface area contributed by atoms with Gasteiger partial charge < -0.3 is 11.1 Å². The number of benzene rings is 1. The van der Waals surface area contributed by atoms with Gasteiger partial charge in [-0.25, -0.2) is 8.42 Å². The van der Waals surface area contributed by atoms with Crippen molar-refractivity contribution < 1.29 is 13.2 Å². The molecule has 7 heteroatoms. The fourth-order valence-corrected chi connectivity index (χ4v) is 2.18. The van der Waals surface area contributed by atoms with Gasteiger partial charge in [-0.1, -0.05) is 12.1 Å². The first-order chi connectivity index (χ1) is 9.35. The average molecular weight is 299 g/mol. The Morgan fingerprint density at radius 2 is 2.00 bits per heavy atom. The number of nitrogens with one attached hydrogen (secondary N) is 2. The van der Waals surface area contributed by atoms with E-state index in [1.807, 2.05) is 6.92 Å². The molecule has 0 fully saturated rings. The molecule has 1 aromatic carbocycles. The van der Waals surface area contributed by atoms with Crippen LogP contribution in [-0.2, 0) is 10.0 Å². The predicted octanol–water partition coefficient (Wildman–Crippen LogP) is 0.915. The Morgan fingerprint density at radius 3 is 2.60 bits per heavy atom. The van der Waals surface area contributed by atoms with Gasteiger partial charge in [-0.2, -0.15) is 0 Å². The predicted molar refractivity (Wildman–Crippen MR) is 80.1 cm³/mol. The third-order valence-electron chi connectivity index (χ3n) is 2.70. The molecule has 0 aromatic heterocycles. The molecule has 1 atom stereocenters. The first-order valence-corrected chi connectivity index (χ1v) is 8.14. The maximum absolute atomic E-state index is 12.0. The molecule has 6 nitrogen and oxygen atoms in total. The molecule has 0 aliphatic carbocycles. The third kappa shape index (κ3) is 5.18. The number of carbonyl (C=O) groups excluding carboxylic acids is 1. The molecule has 20 heavy (non-hydrogen) atoms. The van der Waals surface area contributed by atoms with Gasteiger partial charge in [0, 0.05) is 12.6 Å². The smallest absolute Gasteiger partial charge is 0.253 e. The quantitative estimate of drug-likeness (QED) is 0.696. The molecule has 1 unspecified atom stereocenters. The van der Waals surface area contributed by atoms with E-state index in [1.54, 1.807) is 24.3 Å². The second-order valence-corrected chi connectivity index (χ2v) is 6.58. The number of amides is 1. The van der Waals surface area contributed by atoms with Crippen LogP contribution in [0.5, 0.6) is 0 Å². The highest BCUT2D eigenvalue weighted by Crippen LogP contribution is 2.16. The molecular weight excluding hydrogens is 278 g/mol. The van der Waals surface area contributed by atoms with Crippen LogP contribution in [0.15, 0.2) is 24.3 Å². The van der Waals surface area contributed by atoms with Crippen LogP contribution in [0, 0.1) is 0 Å². The van der Waals surface area contributed by atoms with Gasteiger partial charge in [0.2, 0.25) is 10.0 Å². The Kier molecular flexibility index (Phi) is 5.97. The molecule has 0 spiro atoms. The van der Waals surface area contributed by atoms with E-state index in [1.165, 1.54) is 6.92 Å². The zero-order chi connectivity index (χ0) is 15.2. The molecule has 1 aromatic rings. The van der Waals surface area contributed by atoms with Crippen LogP contribution in [0.1, 0.15) is 30.6 Å². The second-order valence-electron chi connectivity index (χ2n) is 4.57. The Balaban J connectivity index is 2.82. The SMILES string of the molecule is CCS(=O)(=O)Nc1ccccc1C(=O)NCCC(C)N. The van der Waals surface area contributed by atoms with Crippen LogP contribution in [0.4, 0.5) is 5.69 Å². The summed E-state index contributed by atoms with van der Waals surface area (Å²) in [6.45, 7) is 3.84. The van der Waals surface area contributed by atoms with Gasteiger partial charge in [0.15, 0.2) is 0 Å². The Labute approximate surface area is 119 Å². The summed E-state index contributed by atoms with van der Waals surface area (Å²) in [5, 5.41) is 2.72. The number of sulfonamides is 1. The van der Waals surface area contributed by atoms with Gasteiger partial charge >= 0.3 is 0 Å². The van der Waals surface area contributed by atoms with E-state index < -0.39 is 10.0 Å². The lowest BCUT2D eigenvalue weighted by Crippen LogP contribution is -2.29. The Bertz CT molecular complexity index is 556. The molecule has 0 saturated carbocycles. The van der Waals surface area contributed by atoms with E-state index in [9.17, 15) is 13.2 Å². The molecule has 0 heterocycles. The lowest BCUT2D eigenvalue weighted by molar-refractivity contribution is 0.0953. The van der Waals surface area contributed by atoms with Crippen LogP contribution in [-0.4, -0.2) is 32.7 Å². The maximum Gasteiger partial charge on any atom is 0.253 e. The topological polar surface area (TPSA) is 101 Å². The molecule has 0 radical (unpaired) electrons. The minimum Gasteiger partial charge on any atom is -0.352 e. The van der Waals surface area contributed by atoms with Crippen molar-refractivity contribution in [1.29, 1.82) is 0 Å². The summed E-state index contributed by atoms with van der Waals surface area (Å²) in [5.41, 5.74) is 6.19. The maximum atomic E-state index is 12.0. The fraction of sp³-hybridized carbons (Fsp3) is 0.462. The standard InChI is InChI=1S/C13H21N3O3S/c1-3-20(18,19)16-12-7-5-4-6-11(12)13(17)15-9-8-10(2)14/h4-7,10,16H,3,8-9,14H2,1-2H3,(H,15,17). The van der Waals surface area contributed by atoms with Crippen LogP contribution in [0.25, 0.3) is 0 Å². The van der Waals surface area contributed by atoms with Crippen molar-refractivity contribution in [2.45, 2.75) is 26.3 Å². The van der Waals surface area contributed by atoms with Crippen LogP contribution >= 0.6 is 0 Å². The zero-order valence-electron chi connectivity index (χ0n) is 11.7. The summed E-state index contributed by atoms with van der Waals surface area (Å²) in [4.78, 5) is 12.0. The summed E-state index contributed by atoms with van der Waals surface area (Å²) in [7, 11) is -3.41.